The Hall–Kier alpha value is -2.34. The second-order valence-corrected chi connectivity index (χ2v) is 9.03. The molecular formula is C24H37N5O. The van der Waals surface area contributed by atoms with Crippen LogP contribution in [0.25, 0.3) is 0 Å². The Morgan fingerprint density at radius 3 is 2.47 bits per heavy atom. The lowest BCUT2D eigenvalue weighted by molar-refractivity contribution is 0.164. The van der Waals surface area contributed by atoms with E-state index < -0.39 is 0 Å². The van der Waals surface area contributed by atoms with Gasteiger partial charge in [-0.1, -0.05) is 44.2 Å². The first kappa shape index (κ1) is 22.3. The molecule has 1 aromatic carbocycles. The minimum absolute atomic E-state index is 0.0425. The maximum Gasteiger partial charge on any atom is 0.208 e. The topological polar surface area (TPSA) is 65.7 Å². The van der Waals surface area contributed by atoms with Gasteiger partial charge in [0.25, 0.3) is 0 Å². The van der Waals surface area contributed by atoms with Gasteiger partial charge < -0.3 is 15.1 Å². The molecule has 2 heterocycles. The Bertz CT molecular complexity index is 800. The van der Waals surface area contributed by atoms with Gasteiger partial charge in [-0.3, -0.25) is 9.89 Å². The van der Waals surface area contributed by atoms with Crippen LogP contribution in [0.1, 0.15) is 49.6 Å². The predicted octanol–water partition coefficient (Wildman–Crippen LogP) is 3.65. The third-order valence-electron chi connectivity index (χ3n) is 6.17. The smallest absolute Gasteiger partial charge is 0.208 e. The SMILES string of the molecule is CN=C(NCC1CCN(Cc2nc(C)c(C)o2)CC1)NCC(C)(C)c1ccccc1. The zero-order chi connectivity index (χ0) is 21.6. The predicted molar refractivity (Wildman–Crippen MR) is 123 cm³/mol. The molecule has 0 spiro atoms. The number of piperidine rings is 1. The summed E-state index contributed by atoms with van der Waals surface area (Å²) >= 11 is 0. The molecule has 1 fully saturated rings. The first-order valence-corrected chi connectivity index (χ1v) is 11.0. The lowest BCUT2D eigenvalue weighted by Crippen LogP contribution is -2.46. The van der Waals surface area contributed by atoms with Crippen LogP contribution in [0.15, 0.2) is 39.7 Å². The molecule has 2 N–H and O–H groups in total. The zero-order valence-corrected chi connectivity index (χ0v) is 19.2. The van der Waals surface area contributed by atoms with Crippen molar-refractivity contribution in [1.82, 2.24) is 20.5 Å². The summed E-state index contributed by atoms with van der Waals surface area (Å²) in [5.41, 5.74) is 2.37. The molecule has 30 heavy (non-hydrogen) atoms. The number of rotatable bonds is 7. The highest BCUT2D eigenvalue weighted by Gasteiger charge is 2.23. The summed E-state index contributed by atoms with van der Waals surface area (Å²) in [6, 6.07) is 10.6. The van der Waals surface area contributed by atoms with E-state index >= 15 is 0 Å². The number of aliphatic imine (C=N–C) groups is 1. The van der Waals surface area contributed by atoms with Gasteiger partial charge in [0, 0.05) is 25.6 Å². The zero-order valence-electron chi connectivity index (χ0n) is 19.2. The van der Waals surface area contributed by atoms with Gasteiger partial charge in [-0.25, -0.2) is 4.98 Å². The average Bonchev–Trinajstić information content (AvgIpc) is 3.06. The van der Waals surface area contributed by atoms with E-state index in [9.17, 15) is 0 Å². The van der Waals surface area contributed by atoms with Crippen molar-refractivity contribution in [2.75, 3.05) is 33.2 Å². The molecule has 3 rings (SSSR count). The molecule has 0 unspecified atom stereocenters. The van der Waals surface area contributed by atoms with E-state index in [4.69, 9.17) is 4.42 Å². The maximum absolute atomic E-state index is 5.73. The van der Waals surface area contributed by atoms with Crippen molar-refractivity contribution in [3.8, 4) is 0 Å². The number of hydrogen-bond acceptors (Lipinski definition) is 4. The highest BCUT2D eigenvalue weighted by atomic mass is 16.4. The van der Waals surface area contributed by atoms with Gasteiger partial charge in [0.05, 0.1) is 12.2 Å². The number of aromatic nitrogens is 1. The van der Waals surface area contributed by atoms with E-state index in [0.717, 1.165) is 56.0 Å². The summed E-state index contributed by atoms with van der Waals surface area (Å²) in [5.74, 6) is 3.31. The number of nitrogens with zero attached hydrogens (tertiary/aromatic N) is 3. The molecule has 164 valence electrons. The van der Waals surface area contributed by atoms with Crippen LogP contribution in [0.2, 0.25) is 0 Å². The molecule has 0 saturated carbocycles. The monoisotopic (exact) mass is 411 g/mol. The van der Waals surface area contributed by atoms with E-state index in [1.54, 1.807) is 0 Å². The number of nitrogens with one attached hydrogen (secondary N) is 2. The van der Waals surface area contributed by atoms with E-state index in [0.29, 0.717) is 5.92 Å². The van der Waals surface area contributed by atoms with Crippen molar-refractivity contribution in [2.45, 2.75) is 52.5 Å². The second kappa shape index (κ2) is 10.1. The van der Waals surface area contributed by atoms with Crippen LogP contribution in [0.3, 0.4) is 0 Å². The number of oxazole rings is 1. The summed E-state index contributed by atoms with van der Waals surface area (Å²) in [6.45, 7) is 13.3. The van der Waals surface area contributed by atoms with Crippen molar-refractivity contribution in [1.29, 1.82) is 0 Å². The summed E-state index contributed by atoms with van der Waals surface area (Å²) in [7, 11) is 1.84. The van der Waals surface area contributed by atoms with Crippen molar-refractivity contribution < 1.29 is 4.42 Å². The second-order valence-electron chi connectivity index (χ2n) is 9.03. The number of likely N-dealkylation sites (tertiary alicyclic amines) is 1. The van der Waals surface area contributed by atoms with Crippen LogP contribution in [0, 0.1) is 19.8 Å². The van der Waals surface area contributed by atoms with Gasteiger partial charge in [-0.15, -0.1) is 0 Å². The Balaban J connectivity index is 1.39. The van der Waals surface area contributed by atoms with Crippen LogP contribution < -0.4 is 10.6 Å². The first-order valence-electron chi connectivity index (χ1n) is 11.0. The molecule has 0 aliphatic carbocycles. The van der Waals surface area contributed by atoms with Gasteiger partial charge in [-0.05, 0) is 51.3 Å². The molecule has 1 aliphatic heterocycles. The van der Waals surface area contributed by atoms with Crippen LogP contribution in [-0.4, -0.2) is 49.1 Å². The van der Waals surface area contributed by atoms with Crippen molar-refractivity contribution >= 4 is 5.96 Å². The molecule has 1 aromatic heterocycles. The average molecular weight is 412 g/mol. The minimum Gasteiger partial charge on any atom is -0.444 e. The summed E-state index contributed by atoms with van der Waals surface area (Å²) in [4.78, 5) is 11.4. The number of aryl methyl sites for hydroxylation is 2. The van der Waals surface area contributed by atoms with E-state index in [-0.39, 0.29) is 5.41 Å². The van der Waals surface area contributed by atoms with Crippen LogP contribution >= 0.6 is 0 Å². The van der Waals surface area contributed by atoms with Gasteiger partial charge in [0.15, 0.2) is 5.96 Å². The lowest BCUT2D eigenvalue weighted by Gasteiger charge is -2.32. The molecule has 0 atom stereocenters. The molecule has 0 amide bonds. The van der Waals surface area contributed by atoms with Gasteiger partial charge in [-0.2, -0.15) is 0 Å². The lowest BCUT2D eigenvalue weighted by atomic mass is 9.85. The maximum atomic E-state index is 5.73. The highest BCUT2D eigenvalue weighted by Crippen LogP contribution is 2.22. The molecule has 2 aromatic rings. The molecule has 0 bridgehead atoms. The Kier molecular flexibility index (Phi) is 7.53. The van der Waals surface area contributed by atoms with E-state index in [1.807, 2.05) is 20.9 Å². The number of hydrogen-bond donors (Lipinski definition) is 2. The van der Waals surface area contributed by atoms with E-state index in [2.05, 4.69) is 69.7 Å². The molecule has 1 aliphatic rings. The van der Waals surface area contributed by atoms with Gasteiger partial charge in [0.1, 0.15) is 5.76 Å². The summed E-state index contributed by atoms with van der Waals surface area (Å²) < 4.78 is 5.73. The summed E-state index contributed by atoms with van der Waals surface area (Å²) in [5, 5.41) is 7.03. The Morgan fingerprint density at radius 1 is 1.17 bits per heavy atom. The van der Waals surface area contributed by atoms with Crippen molar-refractivity contribution in [3.05, 3.63) is 53.2 Å². The van der Waals surface area contributed by atoms with Crippen LogP contribution in [-0.2, 0) is 12.0 Å². The largest absolute Gasteiger partial charge is 0.444 e. The summed E-state index contributed by atoms with van der Waals surface area (Å²) in [6.07, 6.45) is 2.36. The third kappa shape index (κ3) is 6.08. The number of benzene rings is 1. The molecule has 6 heteroatoms. The molecule has 0 radical (unpaired) electrons. The normalized spacial score (nSPS) is 16.6. The van der Waals surface area contributed by atoms with Gasteiger partial charge >= 0.3 is 0 Å². The van der Waals surface area contributed by atoms with Gasteiger partial charge in [0.2, 0.25) is 5.89 Å². The quantitative estimate of drug-likeness (QED) is 0.538. The molecule has 6 nitrogen and oxygen atoms in total. The minimum atomic E-state index is 0.0425. The number of guanidine groups is 1. The molecule has 1 saturated heterocycles. The van der Waals surface area contributed by atoms with Crippen LogP contribution in [0.4, 0.5) is 0 Å². The molecular weight excluding hydrogens is 374 g/mol. The highest BCUT2D eigenvalue weighted by molar-refractivity contribution is 5.79. The fourth-order valence-corrected chi connectivity index (χ4v) is 3.90. The first-order chi connectivity index (χ1) is 14.4. The van der Waals surface area contributed by atoms with Crippen molar-refractivity contribution in [3.63, 3.8) is 0 Å². The standard InChI is InChI=1S/C24H37N5O/c1-18-19(2)30-22(28-18)16-29-13-11-20(12-14-29)15-26-23(25-5)27-17-24(3,4)21-9-7-6-8-10-21/h6-10,20H,11-17H2,1-5H3,(H2,25,26,27). The third-order valence-corrected chi connectivity index (χ3v) is 6.17. The Labute approximate surface area is 181 Å². The van der Waals surface area contributed by atoms with Crippen molar-refractivity contribution in [2.24, 2.45) is 10.9 Å². The fourth-order valence-electron chi connectivity index (χ4n) is 3.90. The van der Waals surface area contributed by atoms with E-state index in [1.165, 1.54) is 18.4 Å². The Morgan fingerprint density at radius 2 is 1.87 bits per heavy atom. The fraction of sp³-hybridized carbons (Fsp3) is 0.583. The van der Waals surface area contributed by atoms with Crippen LogP contribution in [0.5, 0.6) is 0 Å².